The molecule has 0 atom stereocenters. The number of hydrogen-bond acceptors (Lipinski definition) is 6. The molecular weight excluding hydrogens is 298 g/mol. The second-order valence-electron chi connectivity index (χ2n) is 5.37. The van der Waals surface area contributed by atoms with Crippen molar-refractivity contribution in [1.29, 1.82) is 0 Å². The predicted octanol–water partition coefficient (Wildman–Crippen LogP) is 2.25. The number of nitrogens with zero attached hydrogens (tertiary/aromatic N) is 2. The molecule has 6 heteroatoms. The first-order chi connectivity index (χ1) is 10.6. The van der Waals surface area contributed by atoms with Crippen LogP contribution in [0.3, 0.4) is 0 Å². The molecule has 0 radical (unpaired) electrons. The van der Waals surface area contributed by atoms with Gasteiger partial charge in [-0.1, -0.05) is 18.2 Å². The number of phenolic OH excluding ortho intramolecular Hbond substituents is 2. The van der Waals surface area contributed by atoms with Gasteiger partial charge in [-0.25, -0.2) is 4.98 Å². The van der Waals surface area contributed by atoms with E-state index in [4.69, 9.17) is 5.73 Å². The highest BCUT2D eigenvalue weighted by molar-refractivity contribution is 7.15. The first-order valence-corrected chi connectivity index (χ1v) is 8.08. The predicted molar refractivity (Wildman–Crippen MR) is 89.2 cm³/mol. The van der Waals surface area contributed by atoms with Crippen LogP contribution in [-0.4, -0.2) is 39.7 Å². The lowest BCUT2D eigenvalue weighted by atomic mass is 10.2. The molecule has 1 aliphatic rings. The van der Waals surface area contributed by atoms with E-state index in [1.165, 1.54) is 10.9 Å². The number of thiazole rings is 1. The van der Waals surface area contributed by atoms with Crippen LogP contribution in [0.15, 0.2) is 24.3 Å². The van der Waals surface area contributed by atoms with E-state index < -0.39 is 0 Å². The molecule has 0 fully saturated rings. The van der Waals surface area contributed by atoms with Gasteiger partial charge in [-0.2, -0.15) is 0 Å². The first-order valence-electron chi connectivity index (χ1n) is 7.27. The van der Waals surface area contributed by atoms with Crippen LogP contribution < -0.4 is 5.73 Å². The van der Waals surface area contributed by atoms with Crippen molar-refractivity contribution in [2.45, 2.75) is 12.8 Å². The zero-order valence-electron chi connectivity index (χ0n) is 12.2. The minimum Gasteiger partial charge on any atom is -0.504 e. The van der Waals surface area contributed by atoms with Crippen molar-refractivity contribution < 1.29 is 10.2 Å². The van der Waals surface area contributed by atoms with Crippen LogP contribution in [-0.2, 0) is 12.8 Å². The lowest BCUT2D eigenvalue weighted by molar-refractivity contribution is 0.318. The molecule has 22 heavy (non-hydrogen) atoms. The maximum Gasteiger partial charge on any atom is 0.180 e. The number of nitrogen functional groups attached to an aromatic ring is 1. The third-order valence-corrected chi connectivity index (χ3v) is 4.77. The van der Waals surface area contributed by atoms with Crippen LogP contribution in [0.25, 0.3) is 6.08 Å². The number of fused-ring (bicyclic) bond motifs is 1. The highest BCUT2D eigenvalue weighted by Gasteiger charge is 2.16. The van der Waals surface area contributed by atoms with E-state index in [0.29, 0.717) is 5.13 Å². The molecule has 2 heterocycles. The molecule has 0 saturated carbocycles. The van der Waals surface area contributed by atoms with E-state index >= 15 is 0 Å². The lowest BCUT2D eigenvalue weighted by Crippen LogP contribution is -2.26. The summed E-state index contributed by atoms with van der Waals surface area (Å²) in [5.41, 5.74) is 7.78. The Balaban J connectivity index is 1.57. The van der Waals surface area contributed by atoms with Gasteiger partial charge in [0.05, 0.1) is 5.69 Å². The van der Waals surface area contributed by atoms with E-state index in [0.717, 1.165) is 43.7 Å². The molecule has 116 valence electrons. The SMILES string of the molecule is Nc1nc2c(s1)CCN(C/C=C/c1ccc(O)c(O)c1)CC2. The van der Waals surface area contributed by atoms with Gasteiger partial charge in [0, 0.05) is 30.9 Å². The fourth-order valence-corrected chi connectivity index (χ4v) is 3.46. The highest BCUT2D eigenvalue weighted by atomic mass is 32.1. The Morgan fingerprint density at radius 3 is 2.86 bits per heavy atom. The van der Waals surface area contributed by atoms with Crippen molar-refractivity contribution in [2.75, 3.05) is 25.4 Å². The zero-order valence-corrected chi connectivity index (χ0v) is 13.0. The maximum atomic E-state index is 9.47. The van der Waals surface area contributed by atoms with Crippen LogP contribution >= 0.6 is 11.3 Å². The van der Waals surface area contributed by atoms with Crippen molar-refractivity contribution in [3.8, 4) is 11.5 Å². The second-order valence-corrected chi connectivity index (χ2v) is 6.49. The normalized spacial score (nSPS) is 15.8. The van der Waals surface area contributed by atoms with Crippen molar-refractivity contribution in [1.82, 2.24) is 9.88 Å². The van der Waals surface area contributed by atoms with Gasteiger partial charge < -0.3 is 15.9 Å². The fourth-order valence-electron chi connectivity index (χ4n) is 2.59. The van der Waals surface area contributed by atoms with Gasteiger partial charge in [-0.05, 0) is 24.1 Å². The van der Waals surface area contributed by atoms with Gasteiger partial charge in [0.15, 0.2) is 16.6 Å². The van der Waals surface area contributed by atoms with Gasteiger partial charge in [0.25, 0.3) is 0 Å². The summed E-state index contributed by atoms with van der Waals surface area (Å²) in [5.74, 6) is -0.187. The molecule has 0 amide bonds. The summed E-state index contributed by atoms with van der Waals surface area (Å²) >= 11 is 1.60. The second kappa shape index (κ2) is 6.37. The van der Waals surface area contributed by atoms with Crippen molar-refractivity contribution in [3.63, 3.8) is 0 Å². The topological polar surface area (TPSA) is 82.6 Å². The van der Waals surface area contributed by atoms with Crippen LogP contribution in [0.2, 0.25) is 0 Å². The molecular formula is C16H19N3O2S. The lowest BCUT2D eigenvalue weighted by Gasteiger charge is -2.17. The average molecular weight is 317 g/mol. The van der Waals surface area contributed by atoms with Gasteiger partial charge in [0.1, 0.15) is 0 Å². The molecule has 0 aliphatic carbocycles. The average Bonchev–Trinajstić information content (AvgIpc) is 2.75. The molecule has 0 unspecified atom stereocenters. The fraction of sp³-hybridized carbons (Fsp3) is 0.312. The van der Waals surface area contributed by atoms with Gasteiger partial charge in [-0.15, -0.1) is 11.3 Å². The molecule has 5 nitrogen and oxygen atoms in total. The summed E-state index contributed by atoms with van der Waals surface area (Å²) in [6, 6.07) is 4.83. The van der Waals surface area contributed by atoms with Gasteiger partial charge in [0.2, 0.25) is 0 Å². The standard InChI is InChI=1S/C16H19N3O2S/c17-16-18-12-5-8-19(9-6-15(12)22-16)7-1-2-11-3-4-13(20)14(21)10-11/h1-4,10,20-21H,5-9H2,(H2,17,18)/b2-1+. The zero-order chi connectivity index (χ0) is 15.5. The summed E-state index contributed by atoms with van der Waals surface area (Å²) < 4.78 is 0. The third-order valence-electron chi connectivity index (χ3n) is 3.79. The summed E-state index contributed by atoms with van der Waals surface area (Å²) in [5, 5.41) is 19.4. The number of aromatic hydroxyl groups is 2. The molecule has 2 aromatic rings. The molecule has 1 aliphatic heterocycles. The van der Waals surface area contributed by atoms with E-state index in [1.54, 1.807) is 23.5 Å². The molecule has 0 saturated heterocycles. The Morgan fingerprint density at radius 2 is 2.05 bits per heavy atom. The van der Waals surface area contributed by atoms with Crippen molar-refractivity contribution >= 4 is 22.5 Å². The largest absolute Gasteiger partial charge is 0.504 e. The Bertz CT molecular complexity index is 671. The molecule has 3 rings (SSSR count). The van der Waals surface area contributed by atoms with E-state index in [9.17, 15) is 10.2 Å². The quantitative estimate of drug-likeness (QED) is 0.756. The van der Waals surface area contributed by atoms with E-state index in [1.807, 2.05) is 6.08 Å². The van der Waals surface area contributed by atoms with Crippen LogP contribution in [0.1, 0.15) is 16.1 Å². The van der Waals surface area contributed by atoms with Crippen LogP contribution in [0, 0.1) is 0 Å². The number of anilines is 1. The van der Waals surface area contributed by atoms with Crippen LogP contribution in [0.5, 0.6) is 11.5 Å². The highest BCUT2D eigenvalue weighted by Crippen LogP contribution is 2.26. The summed E-state index contributed by atoms with van der Waals surface area (Å²) in [7, 11) is 0. The van der Waals surface area contributed by atoms with Crippen LogP contribution in [0.4, 0.5) is 5.13 Å². The maximum absolute atomic E-state index is 9.47. The first kappa shape index (κ1) is 14.9. The number of nitrogens with two attached hydrogens (primary N) is 1. The van der Waals surface area contributed by atoms with E-state index in [-0.39, 0.29) is 11.5 Å². The molecule has 0 spiro atoms. The Morgan fingerprint density at radius 1 is 1.23 bits per heavy atom. The summed E-state index contributed by atoms with van der Waals surface area (Å²) in [6.07, 6.45) is 5.97. The molecule has 4 N–H and O–H groups in total. The number of phenols is 2. The van der Waals surface area contributed by atoms with Crippen molar-refractivity contribution in [3.05, 3.63) is 40.4 Å². The number of benzene rings is 1. The minimum atomic E-state index is -0.0948. The Kier molecular flexibility index (Phi) is 4.31. The Labute approximate surface area is 133 Å². The smallest absolute Gasteiger partial charge is 0.180 e. The minimum absolute atomic E-state index is 0.0926. The van der Waals surface area contributed by atoms with Crippen molar-refractivity contribution in [2.24, 2.45) is 0 Å². The summed E-state index contributed by atoms with van der Waals surface area (Å²) in [6.45, 7) is 2.83. The molecule has 0 bridgehead atoms. The van der Waals surface area contributed by atoms with Gasteiger partial charge in [-0.3, -0.25) is 4.90 Å². The Hall–Kier alpha value is -2.05. The number of hydrogen-bond donors (Lipinski definition) is 3. The molecule has 1 aromatic carbocycles. The number of rotatable bonds is 3. The molecule has 1 aromatic heterocycles. The number of aromatic nitrogens is 1. The third kappa shape index (κ3) is 3.40. The van der Waals surface area contributed by atoms with Gasteiger partial charge >= 0.3 is 0 Å². The monoisotopic (exact) mass is 317 g/mol. The van der Waals surface area contributed by atoms with E-state index in [2.05, 4.69) is 16.0 Å². The summed E-state index contributed by atoms with van der Waals surface area (Å²) in [4.78, 5) is 8.08.